The third kappa shape index (κ3) is 13.9. The number of hydrogen-bond acceptors (Lipinski definition) is 3. The van der Waals surface area contributed by atoms with Gasteiger partial charge in [-0.3, -0.25) is 0 Å². The SMILES string of the molecule is CCCCCCCCCCCCCCCCO[Si](CC)(CC)OCC1CCCO1. The summed E-state index contributed by atoms with van der Waals surface area (Å²) in [5.74, 6) is 0. The predicted octanol–water partition coefficient (Wildman–Crippen LogP) is 8.16. The molecule has 0 aromatic rings. The Morgan fingerprint density at radius 2 is 1.21 bits per heavy atom. The molecule has 1 atom stereocenters. The Bertz CT molecular complexity index is 341. The van der Waals surface area contributed by atoms with Crippen molar-refractivity contribution in [3.63, 3.8) is 0 Å². The van der Waals surface area contributed by atoms with Gasteiger partial charge in [0, 0.05) is 13.2 Å². The van der Waals surface area contributed by atoms with Gasteiger partial charge in [0.15, 0.2) is 0 Å². The number of hydrogen-bond donors (Lipinski definition) is 0. The van der Waals surface area contributed by atoms with Crippen molar-refractivity contribution in [2.75, 3.05) is 19.8 Å². The zero-order valence-electron chi connectivity index (χ0n) is 20.2. The first-order valence-corrected chi connectivity index (χ1v) is 15.4. The Morgan fingerprint density at radius 3 is 1.66 bits per heavy atom. The highest BCUT2D eigenvalue weighted by Gasteiger charge is 2.34. The highest BCUT2D eigenvalue weighted by atomic mass is 28.4. The summed E-state index contributed by atoms with van der Waals surface area (Å²) < 4.78 is 18.4. The fourth-order valence-corrected chi connectivity index (χ4v) is 6.68. The first kappa shape index (κ1) is 27.1. The van der Waals surface area contributed by atoms with Gasteiger partial charge in [0.25, 0.3) is 0 Å². The third-order valence-electron chi connectivity index (χ3n) is 6.50. The Labute approximate surface area is 183 Å². The first-order valence-electron chi connectivity index (χ1n) is 13.2. The van der Waals surface area contributed by atoms with Crippen LogP contribution in [0.3, 0.4) is 0 Å². The van der Waals surface area contributed by atoms with Crippen molar-refractivity contribution in [3.05, 3.63) is 0 Å². The maximum absolute atomic E-state index is 6.36. The molecule has 1 unspecified atom stereocenters. The van der Waals surface area contributed by atoms with Crippen LogP contribution in [0.2, 0.25) is 12.1 Å². The van der Waals surface area contributed by atoms with E-state index in [-0.39, 0.29) is 0 Å². The number of rotatable bonds is 21. The standard InChI is InChI=1S/C25H52O3Si/c1-4-7-8-9-10-11-12-13-14-15-16-17-18-19-23-27-29(5-2,6-3)28-24-25-21-20-22-26-25/h25H,4-24H2,1-3H3. The van der Waals surface area contributed by atoms with Crippen LogP contribution in [0.5, 0.6) is 0 Å². The van der Waals surface area contributed by atoms with E-state index in [2.05, 4.69) is 20.8 Å². The van der Waals surface area contributed by atoms with E-state index in [4.69, 9.17) is 13.6 Å². The van der Waals surface area contributed by atoms with Gasteiger partial charge in [-0.2, -0.15) is 0 Å². The Balaban J connectivity index is 1.91. The summed E-state index contributed by atoms with van der Waals surface area (Å²) in [5.41, 5.74) is 0. The van der Waals surface area contributed by atoms with Crippen molar-refractivity contribution in [2.24, 2.45) is 0 Å². The van der Waals surface area contributed by atoms with Crippen LogP contribution in [0.4, 0.5) is 0 Å². The lowest BCUT2D eigenvalue weighted by Gasteiger charge is -2.30. The van der Waals surface area contributed by atoms with Gasteiger partial charge in [0.2, 0.25) is 0 Å². The molecule has 4 heteroatoms. The molecule has 0 saturated carbocycles. The fourth-order valence-electron chi connectivity index (χ4n) is 4.28. The van der Waals surface area contributed by atoms with Crippen LogP contribution in [-0.2, 0) is 13.6 Å². The molecule has 1 aliphatic rings. The molecule has 0 aliphatic carbocycles. The molecule has 1 fully saturated rings. The highest BCUT2D eigenvalue weighted by molar-refractivity contribution is 6.67. The topological polar surface area (TPSA) is 27.7 Å². The van der Waals surface area contributed by atoms with Crippen molar-refractivity contribution in [1.29, 1.82) is 0 Å². The zero-order valence-corrected chi connectivity index (χ0v) is 21.2. The lowest BCUT2D eigenvalue weighted by Crippen LogP contribution is -2.43. The molecule has 1 saturated heterocycles. The van der Waals surface area contributed by atoms with Gasteiger partial charge in [-0.15, -0.1) is 0 Å². The third-order valence-corrected chi connectivity index (χ3v) is 10.1. The Hall–Kier alpha value is 0.0969. The maximum Gasteiger partial charge on any atom is 0.337 e. The average Bonchev–Trinajstić information content (AvgIpc) is 3.27. The van der Waals surface area contributed by atoms with Crippen molar-refractivity contribution in [3.8, 4) is 0 Å². The molecule has 0 aromatic heterocycles. The van der Waals surface area contributed by atoms with Gasteiger partial charge in [0.1, 0.15) is 0 Å². The largest absolute Gasteiger partial charge is 0.394 e. The van der Waals surface area contributed by atoms with Gasteiger partial charge in [0.05, 0.1) is 12.7 Å². The Morgan fingerprint density at radius 1 is 0.690 bits per heavy atom. The van der Waals surface area contributed by atoms with Crippen LogP contribution in [0.1, 0.15) is 124 Å². The minimum absolute atomic E-state index is 0.310. The lowest BCUT2D eigenvalue weighted by atomic mass is 10.0. The molecule has 0 N–H and O–H groups in total. The first-order chi connectivity index (χ1) is 14.3. The van der Waals surface area contributed by atoms with E-state index < -0.39 is 8.56 Å². The van der Waals surface area contributed by atoms with Crippen molar-refractivity contribution < 1.29 is 13.6 Å². The quantitative estimate of drug-likeness (QED) is 0.136. The summed E-state index contributed by atoms with van der Waals surface area (Å²) in [6, 6.07) is 2.10. The summed E-state index contributed by atoms with van der Waals surface area (Å²) in [6.45, 7) is 9.29. The Kier molecular flexibility index (Phi) is 17.6. The molecule has 1 rings (SSSR count). The maximum atomic E-state index is 6.36. The van der Waals surface area contributed by atoms with E-state index in [9.17, 15) is 0 Å². The van der Waals surface area contributed by atoms with Crippen LogP contribution in [-0.4, -0.2) is 34.5 Å². The molecule has 3 nitrogen and oxygen atoms in total. The van der Waals surface area contributed by atoms with E-state index >= 15 is 0 Å². The van der Waals surface area contributed by atoms with E-state index in [1.165, 1.54) is 96.3 Å². The van der Waals surface area contributed by atoms with Crippen LogP contribution in [0.15, 0.2) is 0 Å². The van der Waals surface area contributed by atoms with E-state index in [1.54, 1.807) is 0 Å². The molecular formula is C25H52O3Si. The summed E-state index contributed by atoms with van der Waals surface area (Å²) in [5, 5.41) is 0. The summed E-state index contributed by atoms with van der Waals surface area (Å²) >= 11 is 0. The minimum Gasteiger partial charge on any atom is -0.394 e. The van der Waals surface area contributed by atoms with Crippen molar-refractivity contribution in [1.82, 2.24) is 0 Å². The van der Waals surface area contributed by atoms with Crippen LogP contribution in [0, 0.1) is 0 Å². The molecule has 174 valence electrons. The number of unbranched alkanes of at least 4 members (excludes halogenated alkanes) is 13. The van der Waals surface area contributed by atoms with Gasteiger partial charge in [-0.25, -0.2) is 0 Å². The second kappa shape index (κ2) is 18.8. The average molecular weight is 429 g/mol. The minimum atomic E-state index is -2.00. The smallest absolute Gasteiger partial charge is 0.337 e. The predicted molar refractivity (Wildman–Crippen MR) is 128 cm³/mol. The van der Waals surface area contributed by atoms with Crippen LogP contribution >= 0.6 is 0 Å². The van der Waals surface area contributed by atoms with Crippen LogP contribution < -0.4 is 0 Å². The number of ether oxygens (including phenoxy) is 1. The molecule has 1 heterocycles. The second-order valence-corrected chi connectivity index (χ2v) is 12.8. The summed E-state index contributed by atoms with van der Waals surface area (Å²) in [4.78, 5) is 0. The van der Waals surface area contributed by atoms with E-state index in [0.29, 0.717) is 6.10 Å². The monoisotopic (exact) mass is 428 g/mol. The van der Waals surface area contributed by atoms with Gasteiger partial charge < -0.3 is 13.6 Å². The molecule has 0 radical (unpaired) electrons. The normalized spacial score (nSPS) is 17.3. The van der Waals surface area contributed by atoms with E-state index in [1.807, 2.05) is 0 Å². The van der Waals surface area contributed by atoms with Gasteiger partial charge in [-0.1, -0.05) is 104 Å². The molecule has 0 aromatic carbocycles. The molecule has 29 heavy (non-hydrogen) atoms. The second-order valence-electron chi connectivity index (χ2n) is 9.01. The fraction of sp³-hybridized carbons (Fsp3) is 1.00. The lowest BCUT2D eigenvalue weighted by molar-refractivity contribution is 0.0479. The van der Waals surface area contributed by atoms with Gasteiger partial charge in [-0.05, 0) is 31.4 Å². The van der Waals surface area contributed by atoms with E-state index in [0.717, 1.165) is 38.3 Å². The summed E-state index contributed by atoms with van der Waals surface area (Å²) in [6.07, 6.45) is 22.2. The van der Waals surface area contributed by atoms with Crippen LogP contribution in [0.25, 0.3) is 0 Å². The highest BCUT2D eigenvalue weighted by Crippen LogP contribution is 2.22. The molecule has 0 amide bonds. The van der Waals surface area contributed by atoms with Gasteiger partial charge >= 0.3 is 8.56 Å². The molecule has 1 aliphatic heterocycles. The van der Waals surface area contributed by atoms with Crippen molar-refractivity contribution in [2.45, 2.75) is 142 Å². The summed E-state index contributed by atoms with van der Waals surface area (Å²) in [7, 11) is -2.00. The molecular weight excluding hydrogens is 376 g/mol. The van der Waals surface area contributed by atoms with Crippen molar-refractivity contribution >= 4 is 8.56 Å². The molecule has 0 bridgehead atoms. The molecule has 0 spiro atoms. The zero-order chi connectivity index (χ0) is 21.0.